The van der Waals surface area contributed by atoms with Crippen molar-refractivity contribution in [3.8, 4) is 11.3 Å². The number of hydrogen-bond acceptors (Lipinski definition) is 3. The van der Waals surface area contributed by atoms with Gasteiger partial charge in [0, 0.05) is 22.7 Å². The number of pyridine rings is 1. The largest absolute Gasteiger partial charge is 0.450 e. The molecule has 0 unspecified atom stereocenters. The molecule has 0 bridgehead atoms. The predicted molar refractivity (Wildman–Crippen MR) is 113 cm³/mol. The molecule has 0 fully saturated rings. The van der Waals surface area contributed by atoms with Gasteiger partial charge in [0.2, 0.25) is 11.2 Å². The van der Waals surface area contributed by atoms with Crippen molar-refractivity contribution >= 4 is 39.1 Å². The fourth-order valence-electron chi connectivity index (χ4n) is 3.62. The van der Waals surface area contributed by atoms with Crippen LogP contribution < -0.4 is 15.6 Å². The van der Waals surface area contributed by atoms with E-state index in [1.165, 1.54) is 0 Å². The lowest BCUT2D eigenvalue weighted by molar-refractivity contribution is -0.632. The molecule has 0 saturated carbocycles. The molecule has 3 N–H and O–H groups in total. The first-order valence-electron chi connectivity index (χ1n) is 9.22. The Morgan fingerprint density at radius 3 is 2.43 bits per heavy atom. The molecule has 140 valence electrons. The summed E-state index contributed by atoms with van der Waals surface area (Å²) < 4.78 is 7.15. The van der Waals surface area contributed by atoms with Crippen LogP contribution in [0, 0.1) is 0 Å². The van der Waals surface area contributed by atoms with Gasteiger partial charge in [0.25, 0.3) is 0 Å². The van der Waals surface area contributed by atoms with E-state index < -0.39 is 6.09 Å². The number of anilines is 2. The Balaban J connectivity index is 1.97. The molecule has 0 aliphatic carbocycles. The number of aromatic nitrogens is 1. The normalized spacial score (nSPS) is 10.9. The summed E-state index contributed by atoms with van der Waals surface area (Å²) in [7, 11) is 2.04. The number of nitrogens with two attached hydrogens (primary N) is 1. The van der Waals surface area contributed by atoms with Gasteiger partial charge in [-0.25, -0.2) is 4.79 Å². The summed E-state index contributed by atoms with van der Waals surface area (Å²) in [5.74, 6) is 0. The first-order valence-corrected chi connectivity index (χ1v) is 9.22. The minimum Gasteiger partial charge on any atom is -0.450 e. The molecule has 5 heteroatoms. The number of benzene rings is 3. The molecule has 4 rings (SSSR count). The van der Waals surface area contributed by atoms with Crippen molar-refractivity contribution in [3.05, 3.63) is 66.7 Å². The van der Waals surface area contributed by atoms with Gasteiger partial charge in [-0.15, -0.1) is 0 Å². The van der Waals surface area contributed by atoms with Crippen molar-refractivity contribution in [2.45, 2.75) is 6.92 Å². The number of aryl methyl sites for hydroxylation is 1. The molecule has 1 aromatic heterocycles. The zero-order chi connectivity index (χ0) is 19.7. The zero-order valence-electron chi connectivity index (χ0n) is 15.9. The van der Waals surface area contributed by atoms with Crippen LogP contribution in [0.15, 0.2) is 66.7 Å². The number of amides is 1. The molecule has 1 amide bonds. The monoisotopic (exact) mass is 372 g/mol. The molecule has 3 aromatic carbocycles. The molecule has 0 saturated heterocycles. The zero-order valence-corrected chi connectivity index (χ0v) is 15.9. The van der Waals surface area contributed by atoms with Crippen LogP contribution in [0.2, 0.25) is 0 Å². The van der Waals surface area contributed by atoms with Crippen LogP contribution in [0.3, 0.4) is 0 Å². The summed E-state index contributed by atoms with van der Waals surface area (Å²) in [4.78, 5) is 11.8. The third-order valence-electron chi connectivity index (χ3n) is 4.87. The van der Waals surface area contributed by atoms with E-state index in [4.69, 9.17) is 10.5 Å². The molecule has 4 aromatic rings. The number of nitrogens with zero attached hydrogens (tertiary/aromatic N) is 1. The van der Waals surface area contributed by atoms with Crippen molar-refractivity contribution in [1.82, 2.24) is 0 Å². The molecule has 0 radical (unpaired) electrons. The maximum absolute atomic E-state index is 11.8. The van der Waals surface area contributed by atoms with Crippen LogP contribution >= 0.6 is 0 Å². The Bertz CT molecular complexity index is 1180. The van der Waals surface area contributed by atoms with Gasteiger partial charge in [-0.3, -0.25) is 5.32 Å². The van der Waals surface area contributed by atoms with Crippen LogP contribution in [0.25, 0.3) is 32.9 Å². The van der Waals surface area contributed by atoms with Crippen molar-refractivity contribution in [1.29, 1.82) is 0 Å². The second kappa shape index (κ2) is 7.19. The Hall–Kier alpha value is -3.60. The van der Waals surface area contributed by atoms with Crippen LogP contribution in [0.5, 0.6) is 0 Å². The summed E-state index contributed by atoms with van der Waals surface area (Å²) in [6, 6.07) is 22.1. The van der Waals surface area contributed by atoms with Gasteiger partial charge in [0.1, 0.15) is 7.05 Å². The van der Waals surface area contributed by atoms with Gasteiger partial charge in [-0.2, -0.15) is 4.57 Å². The fraction of sp³-hybridized carbons (Fsp3) is 0.130. The third kappa shape index (κ3) is 3.11. The summed E-state index contributed by atoms with van der Waals surface area (Å²) in [6.07, 6.45) is -0.455. The molecule has 1 heterocycles. The summed E-state index contributed by atoms with van der Waals surface area (Å²) in [6.45, 7) is 2.12. The summed E-state index contributed by atoms with van der Waals surface area (Å²) in [5.41, 5.74) is 10.5. The van der Waals surface area contributed by atoms with E-state index in [1.807, 2.05) is 61.6 Å². The van der Waals surface area contributed by atoms with Crippen molar-refractivity contribution in [2.24, 2.45) is 7.05 Å². The fourth-order valence-corrected chi connectivity index (χ4v) is 3.62. The lowest BCUT2D eigenvalue weighted by Crippen LogP contribution is -2.32. The summed E-state index contributed by atoms with van der Waals surface area (Å²) in [5, 5.41) is 6.22. The van der Waals surface area contributed by atoms with Crippen molar-refractivity contribution < 1.29 is 14.1 Å². The van der Waals surface area contributed by atoms with Gasteiger partial charge >= 0.3 is 6.09 Å². The second-order valence-corrected chi connectivity index (χ2v) is 6.65. The van der Waals surface area contributed by atoms with E-state index in [0.29, 0.717) is 12.3 Å². The number of hydrogen-bond donors (Lipinski definition) is 2. The van der Waals surface area contributed by atoms with Crippen LogP contribution in [0.4, 0.5) is 16.2 Å². The van der Waals surface area contributed by atoms with Crippen LogP contribution in [-0.4, -0.2) is 12.7 Å². The molecular weight excluding hydrogens is 350 g/mol. The SMILES string of the molecule is CCOC(=O)Nc1ccc2c3ccccc3c(-c3ccc(N)cc3)[n+](C)c2c1. The Morgan fingerprint density at radius 2 is 1.71 bits per heavy atom. The molecule has 0 aliphatic rings. The molecule has 5 nitrogen and oxygen atoms in total. The highest BCUT2D eigenvalue weighted by Gasteiger charge is 2.21. The van der Waals surface area contributed by atoms with Gasteiger partial charge in [0.05, 0.1) is 23.1 Å². The Kier molecular flexibility index (Phi) is 4.57. The average molecular weight is 372 g/mol. The summed E-state index contributed by atoms with van der Waals surface area (Å²) >= 11 is 0. The van der Waals surface area contributed by atoms with E-state index >= 15 is 0 Å². The van der Waals surface area contributed by atoms with Gasteiger partial charge < -0.3 is 10.5 Å². The lowest BCUT2D eigenvalue weighted by Gasteiger charge is -2.11. The number of rotatable bonds is 3. The highest BCUT2D eigenvalue weighted by atomic mass is 16.5. The Morgan fingerprint density at radius 1 is 1.00 bits per heavy atom. The number of carbonyl (C=O) groups is 1. The van der Waals surface area contributed by atoms with Crippen LogP contribution in [0.1, 0.15) is 6.92 Å². The molecule has 0 spiro atoms. The highest BCUT2D eigenvalue weighted by Crippen LogP contribution is 2.32. The molecule has 0 atom stereocenters. The van der Waals surface area contributed by atoms with Crippen LogP contribution in [-0.2, 0) is 11.8 Å². The number of nitrogen functional groups attached to an aromatic ring is 1. The van der Waals surface area contributed by atoms with E-state index in [0.717, 1.165) is 38.6 Å². The van der Waals surface area contributed by atoms with Crippen molar-refractivity contribution in [3.63, 3.8) is 0 Å². The highest BCUT2D eigenvalue weighted by molar-refractivity contribution is 6.09. The number of ether oxygens (including phenoxy) is 1. The van der Waals surface area contributed by atoms with Gasteiger partial charge in [-0.1, -0.05) is 18.2 Å². The first-order chi connectivity index (χ1) is 13.6. The smallest absolute Gasteiger partial charge is 0.411 e. The minimum atomic E-state index is -0.455. The quantitative estimate of drug-likeness (QED) is 0.313. The minimum absolute atomic E-state index is 0.332. The standard InChI is InChI=1S/C23H21N3O2/c1-3-28-23(27)25-17-12-13-19-18-6-4-5-7-20(18)22(26(2)21(19)14-17)15-8-10-16(24)11-9-15/h4-14H,3H2,1-2H3,(H2,24,25,27)/p+1. The van der Waals surface area contributed by atoms with E-state index in [1.54, 1.807) is 6.92 Å². The topological polar surface area (TPSA) is 68.2 Å². The lowest BCUT2D eigenvalue weighted by atomic mass is 9.99. The number of carbonyl (C=O) groups excluding carboxylic acids is 1. The molecule has 0 aliphatic heterocycles. The Labute approximate surface area is 163 Å². The molecule has 28 heavy (non-hydrogen) atoms. The number of nitrogens with one attached hydrogen (secondary N) is 1. The predicted octanol–water partition coefficient (Wildman–Crippen LogP) is 4.64. The van der Waals surface area contributed by atoms with Crippen molar-refractivity contribution in [2.75, 3.05) is 17.7 Å². The second-order valence-electron chi connectivity index (χ2n) is 6.65. The number of fused-ring (bicyclic) bond motifs is 3. The first kappa shape index (κ1) is 17.8. The third-order valence-corrected chi connectivity index (χ3v) is 4.87. The molecular formula is C23H22N3O2+. The average Bonchev–Trinajstić information content (AvgIpc) is 2.70. The van der Waals surface area contributed by atoms with E-state index in [-0.39, 0.29) is 0 Å². The maximum atomic E-state index is 11.8. The van der Waals surface area contributed by atoms with Gasteiger partial charge in [0.15, 0.2) is 0 Å². The maximum Gasteiger partial charge on any atom is 0.411 e. The van der Waals surface area contributed by atoms with E-state index in [9.17, 15) is 4.79 Å². The van der Waals surface area contributed by atoms with Gasteiger partial charge in [-0.05, 0) is 49.4 Å². The van der Waals surface area contributed by atoms with E-state index in [2.05, 4.69) is 22.0 Å².